The Balaban J connectivity index is 2.24. The summed E-state index contributed by atoms with van der Waals surface area (Å²) in [5.41, 5.74) is 4.60. The number of ether oxygens (including phenoxy) is 1. The second kappa shape index (κ2) is 6.17. The molecule has 0 atom stereocenters. The first-order chi connectivity index (χ1) is 9.94. The predicted molar refractivity (Wildman–Crippen MR) is 71.9 cm³/mol. The Labute approximate surface area is 120 Å². The lowest BCUT2D eigenvalue weighted by Crippen LogP contribution is -2.11. The number of nitrogens with zero attached hydrogens (tertiary/aromatic N) is 2. The first-order valence-electron chi connectivity index (χ1n) is 6.54. The summed E-state index contributed by atoms with van der Waals surface area (Å²) in [7, 11) is 0. The molecule has 0 saturated carbocycles. The minimum atomic E-state index is -4.46. The van der Waals surface area contributed by atoms with Crippen LogP contribution in [0.25, 0.3) is 0 Å². The van der Waals surface area contributed by atoms with E-state index >= 15 is 0 Å². The molecule has 21 heavy (non-hydrogen) atoms. The van der Waals surface area contributed by atoms with Crippen LogP contribution in [0.15, 0.2) is 30.6 Å². The van der Waals surface area contributed by atoms with E-state index in [1.807, 2.05) is 6.92 Å². The summed E-state index contributed by atoms with van der Waals surface area (Å²) in [6.07, 6.45) is -0.432. The van der Waals surface area contributed by atoms with Crippen LogP contribution in [0.3, 0.4) is 0 Å². The van der Waals surface area contributed by atoms with Crippen LogP contribution in [0.2, 0.25) is 0 Å². The van der Waals surface area contributed by atoms with Gasteiger partial charge in [0.05, 0.1) is 18.0 Å². The molecule has 1 heterocycles. The number of hydrogen-bond acceptors (Lipinski definition) is 3. The molecule has 7 heteroatoms. The summed E-state index contributed by atoms with van der Waals surface area (Å²) in [6, 6.07) is 3.75. The monoisotopic (exact) mass is 299 g/mol. The number of rotatable bonds is 5. The summed E-state index contributed by atoms with van der Waals surface area (Å²) in [6.45, 7) is 2.55. The van der Waals surface area contributed by atoms with Gasteiger partial charge in [0.1, 0.15) is 5.75 Å². The van der Waals surface area contributed by atoms with Crippen LogP contribution in [0.1, 0.15) is 24.5 Å². The van der Waals surface area contributed by atoms with Crippen molar-refractivity contribution in [1.29, 1.82) is 0 Å². The third-order valence-corrected chi connectivity index (χ3v) is 2.90. The van der Waals surface area contributed by atoms with Gasteiger partial charge in [-0.15, -0.1) is 0 Å². The van der Waals surface area contributed by atoms with Crippen molar-refractivity contribution in [2.45, 2.75) is 32.6 Å². The van der Waals surface area contributed by atoms with Gasteiger partial charge < -0.3 is 10.5 Å². The zero-order valence-corrected chi connectivity index (χ0v) is 11.5. The van der Waals surface area contributed by atoms with Crippen LogP contribution >= 0.6 is 0 Å². The Hall–Kier alpha value is -2.02. The van der Waals surface area contributed by atoms with Crippen LogP contribution in [0.4, 0.5) is 13.2 Å². The molecule has 0 radical (unpaired) electrons. The Morgan fingerprint density at radius 2 is 2.05 bits per heavy atom. The highest BCUT2D eigenvalue weighted by molar-refractivity contribution is 5.39. The number of hydrogen-bond donors (Lipinski definition) is 1. The van der Waals surface area contributed by atoms with Gasteiger partial charge in [-0.1, -0.05) is 13.0 Å². The average molecular weight is 299 g/mol. The molecule has 4 nitrogen and oxygen atoms in total. The van der Waals surface area contributed by atoms with Crippen molar-refractivity contribution in [3.05, 3.63) is 41.7 Å². The fourth-order valence-corrected chi connectivity index (χ4v) is 1.95. The van der Waals surface area contributed by atoms with Crippen LogP contribution in [0, 0.1) is 0 Å². The van der Waals surface area contributed by atoms with Gasteiger partial charge in [0, 0.05) is 13.1 Å². The first-order valence-corrected chi connectivity index (χ1v) is 6.54. The highest BCUT2D eigenvalue weighted by Gasteiger charge is 2.33. The molecule has 1 aromatic carbocycles. The van der Waals surface area contributed by atoms with Gasteiger partial charge in [-0.05, 0) is 24.1 Å². The lowest BCUT2D eigenvalue weighted by atomic mass is 10.1. The summed E-state index contributed by atoms with van der Waals surface area (Å²) >= 11 is 0. The molecule has 1 aromatic heterocycles. The molecule has 0 aliphatic carbocycles. The average Bonchev–Trinajstić information content (AvgIpc) is 2.85. The van der Waals surface area contributed by atoms with Crippen molar-refractivity contribution < 1.29 is 17.9 Å². The van der Waals surface area contributed by atoms with Gasteiger partial charge in [-0.2, -0.15) is 18.3 Å². The Morgan fingerprint density at radius 3 is 2.67 bits per heavy atom. The van der Waals surface area contributed by atoms with Gasteiger partial charge in [-0.25, -0.2) is 0 Å². The smallest absolute Gasteiger partial charge is 0.416 e. The van der Waals surface area contributed by atoms with Crippen LogP contribution in [-0.4, -0.2) is 9.78 Å². The van der Waals surface area contributed by atoms with Crippen molar-refractivity contribution >= 4 is 0 Å². The van der Waals surface area contributed by atoms with E-state index in [1.54, 1.807) is 10.9 Å². The lowest BCUT2D eigenvalue weighted by molar-refractivity contribution is -0.138. The number of nitrogens with two attached hydrogens (primary N) is 1. The Bertz CT molecular complexity index is 608. The standard InChI is InChI=1S/C14H16F3N3O/c1-2-5-20-9-12(8-19-20)21-11-4-3-10(7-18)13(6-11)14(15,16)17/h3-4,6,8-9H,2,5,7,18H2,1H3. The number of aromatic nitrogens is 2. The molecule has 2 rings (SSSR count). The second-order valence-corrected chi connectivity index (χ2v) is 4.56. The molecule has 0 saturated heterocycles. The molecule has 0 aliphatic rings. The van der Waals surface area contributed by atoms with Crippen LogP contribution in [0.5, 0.6) is 11.5 Å². The Kier molecular flexibility index (Phi) is 4.52. The predicted octanol–water partition coefficient (Wildman–Crippen LogP) is 3.56. The van der Waals surface area contributed by atoms with Crippen molar-refractivity contribution in [3.63, 3.8) is 0 Å². The zero-order chi connectivity index (χ0) is 15.5. The SMILES string of the molecule is CCCn1cc(Oc2ccc(CN)c(C(F)(F)F)c2)cn1. The van der Waals surface area contributed by atoms with Crippen LogP contribution in [-0.2, 0) is 19.3 Å². The fourth-order valence-electron chi connectivity index (χ4n) is 1.95. The summed E-state index contributed by atoms with van der Waals surface area (Å²) in [4.78, 5) is 0. The van der Waals surface area contributed by atoms with Gasteiger partial charge in [0.15, 0.2) is 5.75 Å². The van der Waals surface area contributed by atoms with E-state index in [-0.39, 0.29) is 17.9 Å². The molecule has 0 spiro atoms. The van der Waals surface area contributed by atoms with Crippen molar-refractivity contribution in [1.82, 2.24) is 9.78 Å². The number of aryl methyl sites for hydroxylation is 1. The number of halogens is 3. The highest BCUT2D eigenvalue weighted by atomic mass is 19.4. The quantitative estimate of drug-likeness (QED) is 0.918. The molecule has 0 amide bonds. The normalized spacial score (nSPS) is 11.7. The van der Waals surface area contributed by atoms with E-state index in [1.165, 1.54) is 18.3 Å². The van der Waals surface area contributed by atoms with Gasteiger partial charge >= 0.3 is 6.18 Å². The Morgan fingerprint density at radius 1 is 1.29 bits per heavy atom. The maximum absolute atomic E-state index is 12.9. The maximum atomic E-state index is 12.9. The van der Waals surface area contributed by atoms with Crippen molar-refractivity contribution in [2.75, 3.05) is 0 Å². The minimum absolute atomic E-state index is 0.0385. The summed E-state index contributed by atoms with van der Waals surface area (Å²) in [5.74, 6) is 0.507. The lowest BCUT2D eigenvalue weighted by Gasteiger charge is -2.13. The molecular formula is C14H16F3N3O. The van der Waals surface area contributed by atoms with E-state index in [0.717, 1.165) is 19.0 Å². The molecular weight excluding hydrogens is 283 g/mol. The van der Waals surface area contributed by atoms with E-state index < -0.39 is 11.7 Å². The van der Waals surface area contributed by atoms with Crippen molar-refractivity contribution in [2.24, 2.45) is 5.73 Å². The minimum Gasteiger partial charge on any atom is -0.454 e. The van der Waals surface area contributed by atoms with E-state index in [2.05, 4.69) is 5.10 Å². The zero-order valence-electron chi connectivity index (χ0n) is 11.5. The summed E-state index contributed by atoms with van der Waals surface area (Å²) in [5, 5.41) is 4.06. The van der Waals surface area contributed by atoms with E-state index in [4.69, 9.17) is 10.5 Å². The van der Waals surface area contributed by atoms with Crippen LogP contribution < -0.4 is 10.5 Å². The fraction of sp³-hybridized carbons (Fsp3) is 0.357. The third kappa shape index (κ3) is 3.75. The molecule has 0 unspecified atom stereocenters. The van der Waals surface area contributed by atoms with Gasteiger partial charge in [-0.3, -0.25) is 4.68 Å². The number of benzene rings is 1. The topological polar surface area (TPSA) is 53.1 Å². The van der Waals surface area contributed by atoms with Crippen molar-refractivity contribution in [3.8, 4) is 11.5 Å². The molecule has 2 N–H and O–H groups in total. The summed E-state index contributed by atoms with van der Waals surface area (Å²) < 4.78 is 45.9. The van der Waals surface area contributed by atoms with Gasteiger partial charge in [0.25, 0.3) is 0 Å². The molecule has 114 valence electrons. The van der Waals surface area contributed by atoms with Gasteiger partial charge in [0.2, 0.25) is 0 Å². The molecule has 0 aliphatic heterocycles. The van der Waals surface area contributed by atoms with E-state index in [0.29, 0.717) is 5.75 Å². The third-order valence-electron chi connectivity index (χ3n) is 2.90. The second-order valence-electron chi connectivity index (χ2n) is 4.56. The molecule has 0 fully saturated rings. The number of alkyl halides is 3. The maximum Gasteiger partial charge on any atom is 0.416 e. The largest absolute Gasteiger partial charge is 0.454 e. The molecule has 0 bridgehead atoms. The first kappa shape index (κ1) is 15.4. The highest BCUT2D eigenvalue weighted by Crippen LogP contribution is 2.35. The molecule has 2 aromatic rings. The van der Waals surface area contributed by atoms with E-state index in [9.17, 15) is 13.2 Å².